The van der Waals surface area contributed by atoms with Gasteiger partial charge >= 0.3 is 0 Å². The minimum Gasteiger partial charge on any atom is -0.332 e. The molecule has 3 aromatic rings. The number of aryl methyl sites for hydroxylation is 2. The molecule has 0 radical (unpaired) electrons. The Hall–Kier alpha value is -1.98. The molecule has 3 N–H and O–H groups in total. The second-order valence-corrected chi connectivity index (χ2v) is 9.47. The first-order valence-corrected chi connectivity index (χ1v) is 11.2. The molecule has 0 saturated carbocycles. The van der Waals surface area contributed by atoms with Gasteiger partial charge in [0, 0.05) is 16.9 Å². The van der Waals surface area contributed by atoms with Gasteiger partial charge < -0.3 is 10.3 Å². The van der Waals surface area contributed by atoms with Crippen LogP contribution in [0.1, 0.15) is 73.1 Å². The SMILES string of the molecule is CC[C@@H]([NH2+][C@@H](C)c1nc2sc3c(c2c(=O)[nH]1)CC[C@@H](C)C3)c1ccc(C)cc1. The van der Waals surface area contributed by atoms with Crippen molar-refractivity contribution in [3.63, 3.8) is 0 Å². The number of hydrogen-bond donors (Lipinski definition) is 2. The van der Waals surface area contributed by atoms with Crippen LogP contribution in [0.25, 0.3) is 10.2 Å². The van der Waals surface area contributed by atoms with Gasteiger partial charge in [-0.15, -0.1) is 11.3 Å². The molecule has 1 aliphatic rings. The van der Waals surface area contributed by atoms with Crippen LogP contribution >= 0.6 is 11.3 Å². The number of rotatable bonds is 5. The van der Waals surface area contributed by atoms with Crippen molar-refractivity contribution in [2.75, 3.05) is 0 Å². The number of aromatic nitrogens is 2. The van der Waals surface area contributed by atoms with Crippen LogP contribution in [0.15, 0.2) is 29.1 Å². The molecule has 1 aromatic carbocycles. The van der Waals surface area contributed by atoms with E-state index in [1.165, 1.54) is 28.0 Å². The van der Waals surface area contributed by atoms with Gasteiger partial charge in [-0.05, 0) is 44.6 Å². The topological polar surface area (TPSA) is 62.4 Å². The molecule has 0 saturated heterocycles. The lowest BCUT2D eigenvalue weighted by atomic mass is 9.89. The summed E-state index contributed by atoms with van der Waals surface area (Å²) in [6.45, 7) is 8.75. The lowest BCUT2D eigenvalue weighted by Gasteiger charge is -2.19. The zero-order chi connectivity index (χ0) is 19.8. The molecule has 2 aromatic heterocycles. The van der Waals surface area contributed by atoms with Crippen molar-refractivity contribution < 1.29 is 5.32 Å². The Balaban J connectivity index is 1.63. The monoisotopic (exact) mass is 396 g/mol. The normalized spacial score (nSPS) is 18.8. The third-order valence-corrected chi connectivity index (χ3v) is 7.23. The van der Waals surface area contributed by atoms with Crippen molar-refractivity contribution in [1.29, 1.82) is 0 Å². The van der Waals surface area contributed by atoms with Crippen molar-refractivity contribution in [1.82, 2.24) is 9.97 Å². The lowest BCUT2D eigenvalue weighted by Crippen LogP contribution is -2.85. The van der Waals surface area contributed by atoms with E-state index in [0.717, 1.165) is 35.3 Å². The zero-order valence-electron chi connectivity index (χ0n) is 17.2. The Bertz CT molecular complexity index is 1030. The zero-order valence-corrected chi connectivity index (χ0v) is 18.0. The molecule has 1 aliphatic carbocycles. The molecule has 0 unspecified atom stereocenters. The molecule has 5 heteroatoms. The third kappa shape index (κ3) is 3.65. The summed E-state index contributed by atoms with van der Waals surface area (Å²) in [7, 11) is 0. The quantitative estimate of drug-likeness (QED) is 0.679. The highest BCUT2D eigenvalue weighted by atomic mass is 32.1. The van der Waals surface area contributed by atoms with Gasteiger partial charge in [0.05, 0.1) is 5.39 Å². The second-order valence-electron chi connectivity index (χ2n) is 8.39. The summed E-state index contributed by atoms with van der Waals surface area (Å²) in [5.74, 6) is 1.49. The van der Waals surface area contributed by atoms with E-state index in [2.05, 4.69) is 62.3 Å². The fraction of sp³-hybridized carbons (Fsp3) is 0.478. The molecule has 0 aliphatic heterocycles. The summed E-state index contributed by atoms with van der Waals surface area (Å²) in [5, 5.41) is 3.16. The fourth-order valence-corrected chi connectivity index (χ4v) is 5.71. The summed E-state index contributed by atoms with van der Waals surface area (Å²) in [6.07, 6.45) is 4.29. The van der Waals surface area contributed by atoms with Crippen LogP contribution in [0, 0.1) is 12.8 Å². The summed E-state index contributed by atoms with van der Waals surface area (Å²) in [4.78, 5) is 23.2. The van der Waals surface area contributed by atoms with Gasteiger partial charge in [0.25, 0.3) is 5.56 Å². The molecule has 3 atom stereocenters. The first-order valence-electron chi connectivity index (χ1n) is 10.4. The van der Waals surface area contributed by atoms with Gasteiger partial charge in [0.1, 0.15) is 16.9 Å². The number of benzene rings is 1. The van der Waals surface area contributed by atoms with E-state index in [9.17, 15) is 4.79 Å². The molecule has 148 valence electrons. The largest absolute Gasteiger partial charge is 0.332 e. The van der Waals surface area contributed by atoms with E-state index in [-0.39, 0.29) is 11.6 Å². The molecule has 0 spiro atoms. The third-order valence-electron chi connectivity index (χ3n) is 6.08. The molecule has 0 fully saturated rings. The van der Waals surface area contributed by atoms with Gasteiger partial charge in [-0.25, -0.2) is 4.98 Å². The maximum Gasteiger partial charge on any atom is 0.260 e. The molecule has 4 rings (SSSR count). The number of quaternary nitrogens is 1. The number of aromatic amines is 1. The molecule has 2 heterocycles. The summed E-state index contributed by atoms with van der Waals surface area (Å²) < 4.78 is 0. The van der Waals surface area contributed by atoms with E-state index in [1.807, 2.05) is 0 Å². The van der Waals surface area contributed by atoms with Crippen molar-refractivity contribution in [3.8, 4) is 0 Å². The minimum atomic E-state index is 0.0377. The van der Waals surface area contributed by atoms with Crippen molar-refractivity contribution in [3.05, 3.63) is 62.0 Å². The fourth-order valence-electron chi connectivity index (χ4n) is 4.32. The van der Waals surface area contributed by atoms with Crippen molar-refractivity contribution >= 4 is 21.6 Å². The minimum absolute atomic E-state index is 0.0377. The van der Waals surface area contributed by atoms with E-state index in [4.69, 9.17) is 4.98 Å². The van der Waals surface area contributed by atoms with Crippen LogP contribution in [-0.2, 0) is 12.8 Å². The van der Waals surface area contributed by atoms with Crippen molar-refractivity contribution in [2.45, 2.75) is 65.5 Å². The second kappa shape index (κ2) is 7.80. The predicted molar refractivity (Wildman–Crippen MR) is 116 cm³/mol. The number of H-pyrrole nitrogens is 1. The average Bonchev–Trinajstić information content (AvgIpc) is 3.04. The maximum absolute atomic E-state index is 12.9. The summed E-state index contributed by atoms with van der Waals surface area (Å²) in [6, 6.07) is 9.20. The smallest absolute Gasteiger partial charge is 0.260 e. The van der Waals surface area contributed by atoms with Gasteiger partial charge in [0.15, 0.2) is 5.82 Å². The Morgan fingerprint density at radius 3 is 2.79 bits per heavy atom. The summed E-state index contributed by atoms with van der Waals surface area (Å²) in [5.41, 5.74) is 3.89. The van der Waals surface area contributed by atoms with Crippen LogP contribution in [0.4, 0.5) is 0 Å². The van der Waals surface area contributed by atoms with Gasteiger partial charge in [-0.2, -0.15) is 0 Å². The Morgan fingerprint density at radius 2 is 2.07 bits per heavy atom. The Kier molecular flexibility index (Phi) is 5.39. The van der Waals surface area contributed by atoms with Gasteiger partial charge in [0.2, 0.25) is 0 Å². The van der Waals surface area contributed by atoms with Crippen molar-refractivity contribution in [2.24, 2.45) is 5.92 Å². The molecular weight excluding hydrogens is 366 g/mol. The highest BCUT2D eigenvalue weighted by Gasteiger charge is 2.25. The lowest BCUT2D eigenvalue weighted by molar-refractivity contribution is -0.732. The highest BCUT2D eigenvalue weighted by molar-refractivity contribution is 7.18. The summed E-state index contributed by atoms with van der Waals surface area (Å²) >= 11 is 1.73. The number of nitrogens with two attached hydrogens (primary N) is 1. The standard InChI is InChI=1S/C23H29N3OS/c1-5-18(16-9-6-13(2)7-10-16)24-15(4)21-25-22(27)20-17-11-8-14(3)12-19(17)28-23(20)26-21/h6-7,9-10,14-15,18,24H,5,8,11-12H2,1-4H3,(H,25,26,27)/p+1/t14-,15+,18-/m1/s1. The predicted octanol–water partition coefficient (Wildman–Crippen LogP) is 4.19. The molecule has 28 heavy (non-hydrogen) atoms. The van der Waals surface area contributed by atoms with Gasteiger partial charge in [-0.1, -0.05) is 43.7 Å². The average molecular weight is 397 g/mol. The number of nitrogens with zero attached hydrogens (tertiary/aromatic N) is 1. The molecular formula is C23H30N3OS+. The number of hydrogen-bond acceptors (Lipinski definition) is 3. The van der Waals surface area contributed by atoms with Gasteiger partial charge in [-0.3, -0.25) is 4.79 Å². The van der Waals surface area contributed by atoms with E-state index in [0.29, 0.717) is 12.0 Å². The number of thiophene rings is 1. The number of nitrogens with one attached hydrogen (secondary N) is 1. The molecule has 0 bridgehead atoms. The van der Waals surface area contributed by atoms with Crippen LogP contribution in [0.3, 0.4) is 0 Å². The molecule has 0 amide bonds. The molecule has 4 nitrogen and oxygen atoms in total. The first-order chi connectivity index (χ1) is 13.5. The maximum atomic E-state index is 12.9. The first kappa shape index (κ1) is 19.3. The van der Waals surface area contributed by atoms with Crippen LogP contribution in [0.2, 0.25) is 0 Å². The Morgan fingerprint density at radius 1 is 1.32 bits per heavy atom. The Labute approximate surface area is 170 Å². The van der Waals surface area contributed by atoms with Crippen LogP contribution in [-0.4, -0.2) is 9.97 Å². The highest BCUT2D eigenvalue weighted by Crippen LogP contribution is 2.35. The van der Waals surface area contributed by atoms with E-state index in [1.54, 1.807) is 11.3 Å². The number of fused-ring (bicyclic) bond motifs is 3. The van der Waals surface area contributed by atoms with E-state index < -0.39 is 0 Å². The van der Waals surface area contributed by atoms with Crippen LogP contribution in [0.5, 0.6) is 0 Å². The van der Waals surface area contributed by atoms with E-state index >= 15 is 0 Å². The van der Waals surface area contributed by atoms with Crippen LogP contribution < -0.4 is 10.9 Å².